The van der Waals surface area contributed by atoms with Gasteiger partial charge in [0.25, 0.3) is 5.92 Å². The molecule has 0 saturated carbocycles. The van der Waals surface area contributed by atoms with Crippen molar-refractivity contribution in [1.29, 1.82) is 0 Å². The van der Waals surface area contributed by atoms with Gasteiger partial charge in [0, 0.05) is 23.6 Å². The molecule has 3 nitrogen and oxygen atoms in total. The Morgan fingerprint density at radius 1 is 1.53 bits per heavy atom. The first-order valence-corrected chi connectivity index (χ1v) is 6.25. The number of anilines is 1. The van der Waals surface area contributed by atoms with Gasteiger partial charge in [-0.2, -0.15) is 8.78 Å². The maximum atomic E-state index is 13.9. The van der Waals surface area contributed by atoms with Gasteiger partial charge in [0.05, 0.1) is 24.9 Å². The van der Waals surface area contributed by atoms with E-state index >= 15 is 0 Å². The van der Waals surface area contributed by atoms with Crippen LogP contribution in [-0.4, -0.2) is 30.8 Å². The van der Waals surface area contributed by atoms with Crippen LogP contribution in [0.2, 0.25) is 0 Å². The lowest BCUT2D eigenvalue weighted by Gasteiger charge is -2.43. The number of fused-ring (bicyclic) bond motifs is 3. The lowest BCUT2D eigenvalue weighted by atomic mass is 9.96. The zero-order chi connectivity index (χ0) is 12.0. The van der Waals surface area contributed by atoms with Crippen LogP contribution >= 0.6 is 15.9 Å². The van der Waals surface area contributed by atoms with Gasteiger partial charge in [-0.15, -0.1) is 0 Å². The van der Waals surface area contributed by atoms with E-state index in [9.17, 15) is 8.78 Å². The molecule has 2 aliphatic heterocycles. The molecule has 1 atom stereocenters. The number of pyridine rings is 1. The number of alkyl halides is 2. The Kier molecular flexibility index (Phi) is 2.59. The van der Waals surface area contributed by atoms with Crippen LogP contribution in [0.4, 0.5) is 14.5 Å². The summed E-state index contributed by atoms with van der Waals surface area (Å²) in [5.41, 5.74) is 0.419. The summed E-state index contributed by atoms with van der Waals surface area (Å²) in [6.45, 7) is 1.58. The summed E-state index contributed by atoms with van der Waals surface area (Å²) in [6, 6.07) is 1.47. The molecule has 2 aliphatic rings. The molecule has 3 heterocycles. The minimum absolute atomic E-state index is 0.112. The van der Waals surface area contributed by atoms with E-state index in [1.807, 2.05) is 4.90 Å². The van der Waals surface area contributed by atoms with Crippen molar-refractivity contribution in [3.05, 3.63) is 22.4 Å². The molecule has 0 aromatic carbocycles. The zero-order valence-electron chi connectivity index (χ0n) is 9.00. The summed E-state index contributed by atoms with van der Waals surface area (Å²) >= 11 is 3.28. The standard InChI is InChI=1S/C11H11BrF2N2O/c12-7-3-9-10(15-5-7)11(13,14)4-8-6-17-2-1-16(8)9/h3,5,8H,1-2,4,6H2. The number of hydrogen-bond donors (Lipinski definition) is 0. The van der Waals surface area contributed by atoms with Crippen molar-refractivity contribution < 1.29 is 13.5 Å². The maximum absolute atomic E-state index is 13.9. The van der Waals surface area contributed by atoms with Gasteiger partial charge < -0.3 is 9.64 Å². The first kappa shape index (κ1) is 11.3. The summed E-state index contributed by atoms with van der Waals surface area (Å²) in [5.74, 6) is -2.86. The van der Waals surface area contributed by atoms with Crippen molar-refractivity contribution >= 4 is 21.6 Å². The first-order valence-electron chi connectivity index (χ1n) is 5.46. The van der Waals surface area contributed by atoms with Crippen LogP contribution in [0.5, 0.6) is 0 Å². The highest BCUT2D eigenvalue weighted by atomic mass is 79.9. The van der Waals surface area contributed by atoms with E-state index in [0.717, 1.165) is 4.47 Å². The van der Waals surface area contributed by atoms with Gasteiger partial charge in [-0.05, 0) is 22.0 Å². The van der Waals surface area contributed by atoms with E-state index in [1.165, 1.54) is 6.20 Å². The summed E-state index contributed by atoms with van der Waals surface area (Å²) in [6.07, 6.45) is 1.21. The van der Waals surface area contributed by atoms with E-state index in [1.54, 1.807) is 6.07 Å². The quantitative estimate of drug-likeness (QED) is 0.736. The fourth-order valence-electron chi connectivity index (χ4n) is 2.46. The lowest BCUT2D eigenvalue weighted by molar-refractivity contribution is -0.0465. The summed E-state index contributed by atoms with van der Waals surface area (Å²) in [4.78, 5) is 5.86. The average molecular weight is 305 g/mol. The predicted octanol–water partition coefficient (Wildman–Crippen LogP) is 2.54. The van der Waals surface area contributed by atoms with Gasteiger partial charge in [0.1, 0.15) is 5.69 Å². The van der Waals surface area contributed by atoms with Crippen LogP contribution in [0, 0.1) is 0 Å². The number of aromatic nitrogens is 1. The molecule has 0 radical (unpaired) electrons. The summed E-state index contributed by atoms with van der Waals surface area (Å²) in [5, 5.41) is 0. The van der Waals surface area contributed by atoms with E-state index in [0.29, 0.717) is 25.4 Å². The second kappa shape index (κ2) is 3.88. The molecule has 1 aromatic rings. The van der Waals surface area contributed by atoms with E-state index in [-0.39, 0.29) is 18.2 Å². The molecule has 3 rings (SSSR count). The van der Waals surface area contributed by atoms with Gasteiger partial charge in [-0.1, -0.05) is 0 Å². The molecule has 0 bridgehead atoms. The Balaban J connectivity index is 2.11. The first-order chi connectivity index (χ1) is 8.08. The maximum Gasteiger partial charge on any atom is 0.293 e. The predicted molar refractivity (Wildman–Crippen MR) is 62.4 cm³/mol. The van der Waals surface area contributed by atoms with Crippen molar-refractivity contribution in [2.45, 2.75) is 18.4 Å². The molecule has 1 fully saturated rings. The SMILES string of the molecule is FC1(F)CC2COCCN2c2cc(Br)cnc21. The Bertz CT molecular complexity index is 455. The van der Waals surface area contributed by atoms with Crippen LogP contribution in [-0.2, 0) is 10.7 Å². The second-order valence-corrected chi connectivity index (χ2v) is 5.27. The molecule has 1 aromatic heterocycles. The third-order valence-electron chi connectivity index (χ3n) is 3.21. The molecule has 92 valence electrons. The van der Waals surface area contributed by atoms with Crippen molar-refractivity contribution in [2.75, 3.05) is 24.7 Å². The topological polar surface area (TPSA) is 25.4 Å². The van der Waals surface area contributed by atoms with Crippen LogP contribution in [0.25, 0.3) is 0 Å². The van der Waals surface area contributed by atoms with Crippen LogP contribution < -0.4 is 4.90 Å². The number of halogens is 3. The minimum Gasteiger partial charge on any atom is -0.377 e. The molecule has 1 saturated heterocycles. The fourth-order valence-corrected chi connectivity index (χ4v) is 2.78. The molecule has 0 N–H and O–H groups in total. The molecule has 0 amide bonds. The number of hydrogen-bond acceptors (Lipinski definition) is 3. The summed E-state index contributed by atoms with van der Waals surface area (Å²) in [7, 11) is 0. The summed E-state index contributed by atoms with van der Waals surface area (Å²) < 4.78 is 33.9. The number of rotatable bonds is 0. The van der Waals surface area contributed by atoms with Gasteiger partial charge >= 0.3 is 0 Å². The molecular formula is C11H11BrF2N2O. The Morgan fingerprint density at radius 2 is 2.35 bits per heavy atom. The molecule has 0 spiro atoms. The van der Waals surface area contributed by atoms with E-state index < -0.39 is 5.92 Å². The third kappa shape index (κ3) is 1.83. The molecular weight excluding hydrogens is 294 g/mol. The van der Waals surface area contributed by atoms with Crippen molar-refractivity contribution in [3.63, 3.8) is 0 Å². The van der Waals surface area contributed by atoms with Gasteiger partial charge in [0.2, 0.25) is 0 Å². The fraction of sp³-hybridized carbons (Fsp3) is 0.545. The average Bonchev–Trinajstić information content (AvgIpc) is 2.28. The van der Waals surface area contributed by atoms with Gasteiger partial charge in [-0.3, -0.25) is 4.98 Å². The Hall–Kier alpha value is -0.750. The van der Waals surface area contributed by atoms with Crippen molar-refractivity contribution in [3.8, 4) is 0 Å². The monoisotopic (exact) mass is 304 g/mol. The molecule has 6 heteroatoms. The van der Waals surface area contributed by atoms with Crippen LogP contribution in [0.1, 0.15) is 12.1 Å². The Morgan fingerprint density at radius 3 is 3.18 bits per heavy atom. The Labute approximate surface area is 106 Å². The van der Waals surface area contributed by atoms with E-state index in [4.69, 9.17) is 4.74 Å². The highest BCUT2D eigenvalue weighted by molar-refractivity contribution is 9.10. The zero-order valence-corrected chi connectivity index (χ0v) is 10.6. The minimum atomic E-state index is -2.86. The smallest absolute Gasteiger partial charge is 0.293 e. The van der Waals surface area contributed by atoms with Gasteiger partial charge in [0.15, 0.2) is 0 Å². The second-order valence-electron chi connectivity index (χ2n) is 4.35. The van der Waals surface area contributed by atoms with Crippen molar-refractivity contribution in [1.82, 2.24) is 4.98 Å². The highest BCUT2D eigenvalue weighted by Gasteiger charge is 2.46. The number of ether oxygens (including phenoxy) is 1. The van der Waals surface area contributed by atoms with Gasteiger partial charge in [-0.25, -0.2) is 0 Å². The van der Waals surface area contributed by atoms with Crippen LogP contribution in [0.15, 0.2) is 16.7 Å². The molecule has 1 unspecified atom stereocenters. The van der Waals surface area contributed by atoms with E-state index in [2.05, 4.69) is 20.9 Å². The normalized spacial score (nSPS) is 26.3. The lowest BCUT2D eigenvalue weighted by Crippen LogP contribution is -2.51. The highest BCUT2D eigenvalue weighted by Crippen LogP contribution is 2.45. The number of morpholine rings is 1. The third-order valence-corrected chi connectivity index (χ3v) is 3.64. The van der Waals surface area contributed by atoms with Crippen molar-refractivity contribution in [2.24, 2.45) is 0 Å². The molecule has 17 heavy (non-hydrogen) atoms. The molecule has 0 aliphatic carbocycles. The van der Waals surface area contributed by atoms with Crippen LogP contribution in [0.3, 0.4) is 0 Å². The number of nitrogens with zero attached hydrogens (tertiary/aromatic N) is 2. The largest absolute Gasteiger partial charge is 0.377 e.